The van der Waals surface area contributed by atoms with E-state index in [0.717, 1.165) is 36.9 Å². The number of methoxy groups -OCH3 is 2. The minimum absolute atomic E-state index is 0.0300. The molecule has 1 aromatic heterocycles. The zero-order valence-electron chi connectivity index (χ0n) is 18.9. The van der Waals surface area contributed by atoms with Crippen LogP contribution in [0.2, 0.25) is 0 Å². The summed E-state index contributed by atoms with van der Waals surface area (Å²) in [6.45, 7) is 5.53. The summed E-state index contributed by atoms with van der Waals surface area (Å²) in [7, 11) is 3.16. The Hall–Kier alpha value is -2.96. The summed E-state index contributed by atoms with van der Waals surface area (Å²) in [6, 6.07) is 7.37. The van der Waals surface area contributed by atoms with Crippen molar-refractivity contribution >= 4 is 11.8 Å². The number of aryl methyl sites for hydroxylation is 2. The molecular weight excluding hydrogens is 394 g/mol. The molecule has 1 aromatic carbocycles. The normalized spacial score (nSPS) is 15.5. The molecule has 1 aliphatic rings. The molecule has 31 heavy (non-hydrogen) atoms. The van der Waals surface area contributed by atoms with E-state index >= 15 is 0 Å². The van der Waals surface area contributed by atoms with Crippen LogP contribution in [0.25, 0.3) is 0 Å². The lowest BCUT2D eigenvalue weighted by molar-refractivity contribution is -0.140. The molecule has 2 aromatic rings. The van der Waals surface area contributed by atoms with E-state index in [0.29, 0.717) is 30.9 Å². The van der Waals surface area contributed by atoms with Crippen molar-refractivity contribution in [2.24, 2.45) is 5.73 Å². The van der Waals surface area contributed by atoms with Crippen LogP contribution < -0.4 is 15.2 Å². The average Bonchev–Trinajstić information content (AvgIpc) is 3.08. The van der Waals surface area contributed by atoms with Crippen molar-refractivity contribution in [1.82, 2.24) is 9.47 Å². The van der Waals surface area contributed by atoms with Crippen LogP contribution in [0.15, 0.2) is 24.3 Å². The number of nitrogens with two attached hydrogens (primary N) is 1. The number of unbranched alkanes of at least 4 members (excludes halogenated alkanes) is 2. The molecule has 0 saturated heterocycles. The number of carbonyl (C=O) groups excluding carboxylic acids is 2. The van der Waals surface area contributed by atoms with Crippen molar-refractivity contribution in [3.05, 3.63) is 46.8 Å². The number of ether oxygens (including phenoxy) is 2. The quantitative estimate of drug-likeness (QED) is 0.623. The van der Waals surface area contributed by atoms with Gasteiger partial charge in [0.15, 0.2) is 11.5 Å². The minimum Gasteiger partial charge on any atom is -0.493 e. The largest absolute Gasteiger partial charge is 0.493 e. The molecule has 0 fully saturated rings. The minimum atomic E-state index is -0.636. The molecule has 0 radical (unpaired) electrons. The van der Waals surface area contributed by atoms with Gasteiger partial charge in [0.25, 0.3) is 0 Å². The Balaban J connectivity index is 1.61. The van der Waals surface area contributed by atoms with E-state index in [1.807, 2.05) is 12.1 Å². The Kier molecular flexibility index (Phi) is 7.25. The number of rotatable bonds is 9. The van der Waals surface area contributed by atoms with Gasteiger partial charge in [-0.05, 0) is 62.1 Å². The van der Waals surface area contributed by atoms with E-state index in [4.69, 9.17) is 15.2 Å². The maximum atomic E-state index is 13.0. The van der Waals surface area contributed by atoms with Crippen molar-refractivity contribution in [1.29, 1.82) is 0 Å². The molecule has 2 heterocycles. The number of primary amides is 1. The van der Waals surface area contributed by atoms with Crippen LogP contribution in [0.5, 0.6) is 11.5 Å². The third kappa shape index (κ3) is 5.03. The Morgan fingerprint density at radius 2 is 1.61 bits per heavy atom. The fourth-order valence-corrected chi connectivity index (χ4v) is 4.35. The van der Waals surface area contributed by atoms with Crippen LogP contribution in [0.4, 0.5) is 0 Å². The predicted octanol–water partition coefficient (Wildman–Crippen LogP) is 3.12. The molecule has 0 unspecified atom stereocenters. The van der Waals surface area contributed by atoms with Crippen LogP contribution in [0.3, 0.4) is 0 Å². The molecule has 2 N–H and O–H groups in total. The summed E-state index contributed by atoms with van der Waals surface area (Å²) in [5, 5.41) is 0. The molecule has 2 amide bonds. The molecule has 0 aliphatic carbocycles. The zero-order chi connectivity index (χ0) is 22.5. The molecule has 1 atom stereocenters. The standard InChI is InChI=1S/C24H33N3O4/c1-16-9-10-17(2)26(16)11-7-5-6-8-23(28)27-15-19-14-22(31-4)21(30-3)13-18(19)12-20(27)24(25)29/h9-10,13-14,20H,5-8,11-12,15H2,1-4H3,(H2,25,29)/t20-/m0/s1. The van der Waals surface area contributed by atoms with E-state index in [1.165, 1.54) is 11.4 Å². The number of carbonyl (C=O) groups is 2. The maximum Gasteiger partial charge on any atom is 0.240 e. The molecule has 7 heteroatoms. The molecule has 3 rings (SSSR count). The SMILES string of the molecule is COc1cc2c(cc1OC)CN(C(=O)CCCCCn1c(C)ccc1C)[C@H](C(N)=O)C2. The average molecular weight is 428 g/mol. The van der Waals surface area contributed by atoms with Gasteiger partial charge in [0.05, 0.1) is 14.2 Å². The lowest BCUT2D eigenvalue weighted by Crippen LogP contribution is -2.51. The molecule has 7 nitrogen and oxygen atoms in total. The van der Waals surface area contributed by atoms with Crippen LogP contribution in [-0.4, -0.2) is 41.5 Å². The monoisotopic (exact) mass is 427 g/mol. The Morgan fingerprint density at radius 3 is 2.19 bits per heavy atom. The number of hydrogen-bond donors (Lipinski definition) is 1. The molecule has 1 aliphatic heterocycles. The van der Waals surface area contributed by atoms with Crippen molar-refractivity contribution in [3.8, 4) is 11.5 Å². The Bertz CT molecular complexity index is 931. The smallest absolute Gasteiger partial charge is 0.240 e. The number of nitrogens with zero attached hydrogens (tertiary/aromatic N) is 2. The number of amides is 2. The summed E-state index contributed by atoms with van der Waals surface area (Å²) in [4.78, 5) is 26.7. The summed E-state index contributed by atoms with van der Waals surface area (Å²) in [5.41, 5.74) is 10.1. The van der Waals surface area contributed by atoms with Crippen LogP contribution >= 0.6 is 0 Å². The first-order valence-corrected chi connectivity index (χ1v) is 10.8. The number of aromatic nitrogens is 1. The number of benzene rings is 1. The van der Waals surface area contributed by atoms with Gasteiger partial charge >= 0.3 is 0 Å². The van der Waals surface area contributed by atoms with Gasteiger partial charge in [-0.3, -0.25) is 9.59 Å². The summed E-state index contributed by atoms with van der Waals surface area (Å²) in [6.07, 6.45) is 3.57. The highest BCUT2D eigenvalue weighted by molar-refractivity contribution is 5.87. The van der Waals surface area contributed by atoms with E-state index in [-0.39, 0.29) is 5.91 Å². The van der Waals surface area contributed by atoms with Crippen molar-refractivity contribution in [2.75, 3.05) is 14.2 Å². The fourth-order valence-electron chi connectivity index (χ4n) is 4.35. The zero-order valence-corrected chi connectivity index (χ0v) is 18.9. The second kappa shape index (κ2) is 9.90. The van der Waals surface area contributed by atoms with E-state index < -0.39 is 11.9 Å². The fraction of sp³-hybridized carbons (Fsp3) is 0.500. The summed E-state index contributed by atoms with van der Waals surface area (Å²) < 4.78 is 13.1. The van der Waals surface area contributed by atoms with Gasteiger partial charge in [-0.15, -0.1) is 0 Å². The van der Waals surface area contributed by atoms with Crippen LogP contribution in [0, 0.1) is 13.8 Å². The van der Waals surface area contributed by atoms with E-state index in [2.05, 4.69) is 30.5 Å². The van der Waals surface area contributed by atoms with Crippen molar-refractivity contribution in [3.63, 3.8) is 0 Å². The number of hydrogen-bond acceptors (Lipinski definition) is 4. The van der Waals surface area contributed by atoms with Gasteiger partial charge in [0.1, 0.15) is 6.04 Å². The van der Waals surface area contributed by atoms with E-state index in [1.54, 1.807) is 19.1 Å². The molecule has 0 bridgehead atoms. The second-order valence-electron chi connectivity index (χ2n) is 8.20. The molecular formula is C24H33N3O4. The first-order valence-electron chi connectivity index (χ1n) is 10.8. The van der Waals surface area contributed by atoms with Gasteiger partial charge in [-0.25, -0.2) is 0 Å². The Morgan fingerprint density at radius 1 is 1.00 bits per heavy atom. The van der Waals surface area contributed by atoms with E-state index in [9.17, 15) is 9.59 Å². The van der Waals surface area contributed by atoms with Crippen molar-refractivity contribution < 1.29 is 19.1 Å². The van der Waals surface area contributed by atoms with Crippen LogP contribution in [0.1, 0.15) is 48.2 Å². The lowest BCUT2D eigenvalue weighted by atomic mass is 9.92. The maximum absolute atomic E-state index is 13.0. The summed E-state index contributed by atoms with van der Waals surface area (Å²) >= 11 is 0. The lowest BCUT2D eigenvalue weighted by Gasteiger charge is -2.35. The third-order valence-electron chi connectivity index (χ3n) is 6.17. The number of fused-ring (bicyclic) bond motifs is 1. The predicted molar refractivity (Wildman–Crippen MR) is 119 cm³/mol. The van der Waals surface area contributed by atoms with Crippen LogP contribution in [-0.2, 0) is 29.1 Å². The highest BCUT2D eigenvalue weighted by Crippen LogP contribution is 2.35. The van der Waals surface area contributed by atoms with Gasteiger partial charge in [-0.2, -0.15) is 0 Å². The summed E-state index contributed by atoms with van der Waals surface area (Å²) in [5.74, 6) is 0.712. The first kappa shape index (κ1) is 22.7. The van der Waals surface area contributed by atoms with Gasteiger partial charge in [0, 0.05) is 37.3 Å². The molecule has 0 spiro atoms. The molecule has 0 saturated carbocycles. The highest BCUT2D eigenvalue weighted by atomic mass is 16.5. The highest BCUT2D eigenvalue weighted by Gasteiger charge is 2.33. The third-order valence-corrected chi connectivity index (χ3v) is 6.17. The Labute approximate surface area is 184 Å². The topological polar surface area (TPSA) is 86.8 Å². The second-order valence-corrected chi connectivity index (χ2v) is 8.20. The first-order chi connectivity index (χ1) is 14.8. The van der Waals surface area contributed by atoms with Gasteiger partial charge in [-0.1, -0.05) is 6.42 Å². The van der Waals surface area contributed by atoms with Gasteiger partial charge in [0.2, 0.25) is 11.8 Å². The van der Waals surface area contributed by atoms with Crippen molar-refractivity contribution in [2.45, 2.75) is 65.1 Å². The van der Waals surface area contributed by atoms with Gasteiger partial charge < -0.3 is 24.7 Å². The molecule has 168 valence electrons.